The minimum Gasteiger partial charge on any atom is -0.480 e. The Balaban J connectivity index is 1.59. The first-order valence-corrected chi connectivity index (χ1v) is 8.67. The molecule has 3 N–H and O–H groups in total. The molecule has 0 unspecified atom stereocenters. The predicted octanol–water partition coefficient (Wildman–Crippen LogP) is 3.28. The van der Waals surface area contributed by atoms with Gasteiger partial charge in [-0.2, -0.15) is 0 Å². The van der Waals surface area contributed by atoms with Gasteiger partial charge in [-0.3, -0.25) is 4.79 Å². The van der Waals surface area contributed by atoms with E-state index < -0.39 is 23.7 Å². The van der Waals surface area contributed by atoms with Crippen LogP contribution in [-0.2, 0) is 11.2 Å². The number of amides is 1. The summed E-state index contributed by atoms with van der Waals surface area (Å²) in [6, 6.07) is 13.9. The van der Waals surface area contributed by atoms with Gasteiger partial charge in [0.15, 0.2) is 0 Å². The molecular weight excluding hydrogens is 361 g/mol. The number of carboxylic acid groups (broad SMARTS) is 1. The molecule has 1 amide bonds. The van der Waals surface area contributed by atoms with Gasteiger partial charge < -0.3 is 15.4 Å². The molecular formula is C21H16FN3O3. The number of aliphatic carboxylic acids is 1. The Labute approximate surface area is 159 Å². The van der Waals surface area contributed by atoms with Crippen molar-refractivity contribution in [3.05, 3.63) is 77.9 Å². The van der Waals surface area contributed by atoms with Crippen molar-refractivity contribution in [3.8, 4) is 0 Å². The monoisotopic (exact) mass is 377 g/mol. The summed E-state index contributed by atoms with van der Waals surface area (Å²) >= 11 is 0. The second-order valence-electron chi connectivity index (χ2n) is 6.44. The number of aromatic amines is 1. The molecule has 0 aliphatic heterocycles. The number of para-hydroxylation sites is 2. The van der Waals surface area contributed by atoms with E-state index in [2.05, 4.69) is 15.3 Å². The molecule has 2 aromatic heterocycles. The van der Waals surface area contributed by atoms with Crippen LogP contribution in [0.1, 0.15) is 16.1 Å². The molecule has 4 rings (SSSR count). The molecule has 28 heavy (non-hydrogen) atoms. The van der Waals surface area contributed by atoms with E-state index in [4.69, 9.17) is 0 Å². The Kier molecular flexibility index (Phi) is 4.49. The number of halogens is 1. The maximum absolute atomic E-state index is 13.9. The van der Waals surface area contributed by atoms with Crippen LogP contribution in [0.15, 0.2) is 60.8 Å². The number of rotatable bonds is 5. The van der Waals surface area contributed by atoms with Crippen LogP contribution in [0.5, 0.6) is 0 Å². The summed E-state index contributed by atoms with van der Waals surface area (Å²) in [5, 5.41) is 13.5. The van der Waals surface area contributed by atoms with E-state index >= 15 is 0 Å². The summed E-state index contributed by atoms with van der Waals surface area (Å²) in [4.78, 5) is 31.4. The number of nitrogens with one attached hydrogen (secondary N) is 2. The van der Waals surface area contributed by atoms with Gasteiger partial charge in [-0.1, -0.05) is 36.4 Å². The van der Waals surface area contributed by atoms with Crippen LogP contribution in [0.25, 0.3) is 21.8 Å². The van der Waals surface area contributed by atoms with Crippen molar-refractivity contribution in [2.75, 3.05) is 0 Å². The van der Waals surface area contributed by atoms with E-state index in [0.29, 0.717) is 5.39 Å². The largest absolute Gasteiger partial charge is 0.480 e. The van der Waals surface area contributed by atoms with E-state index in [0.717, 1.165) is 16.5 Å². The summed E-state index contributed by atoms with van der Waals surface area (Å²) in [5.41, 5.74) is 1.70. The lowest BCUT2D eigenvalue weighted by molar-refractivity contribution is -0.139. The van der Waals surface area contributed by atoms with Gasteiger partial charge in [0.05, 0.1) is 0 Å². The van der Waals surface area contributed by atoms with Gasteiger partial charge in [-0.15, -0.1) is 0 Å². The third-order valence-electron chi connectivity index (χ3n) is 4.61. The van der Waals surface area contributed by atoms with Crippen molar-refractivity contribution in [1.82, 2.24) is 15.3 Å². The smallest absolute Gasteiger partial charge is 0.326 e. The Bertz CT molecular complexity index is 1200. The topological polar surface area (TPSA) is 95.1 Å². The molecule has 0 saturated heterocycles. The standard InChI is InChI=1S/C21H16FN3O3/c22-15-6-3-4-12-8-9-17(24-19(12)15)20(26)25-18(21(27)28)10-13-11-23-16-7-2-1-5-14(13)16/h1-9,11,18,23H,10H2,(H,25,26)(H,27,28)/t18-/m0/s1. The Morgan fingerprint density at radius 3 is 2.75 bits per heavy atom. The Morgan fingerprint density at radius 1 is 1.11 bits per heavy atom. The summed E-state index contributed by atoms with van der Waals surface area (Å²) in [7, 11) is 0. The minimum absolute atomic E-state index is 0.0391. The van der Waals surface area contributed by atoms with Crippen molar-refractivity contribution in [2.45, 2.75) is 12.5 Å². The molecule has 140 valence electrons. The average Bonchev–Trinajstić information content (AvgIpc) is 3.10. The van der Waals surface area contributed by atoms with Crippen molar-refractivity contribution in [3.63, 3.8) is 0 Å². The lowest BCUT2D eigenvalue weighted by atomic mass is 10.0. The number of hydrogen-bond donors (Lipinski definition) is 3. The van der Waals surface area contributed by atoms with Crippen LogP contribution in [0.2, 0.25) is 0 Å². The molecule has 0 bridgehead atoms. The number of pyridine rings is 1. The zero-order valence-electron chi connectivity index (χ0n) is 14.6. The maximum Gasteiger partial charge on any atom is 0.326 e. The molecule has 0 saturated carbocycles. The van der Waals surface area contributed by atoms with Crippen molar-refractivity contribution in [2.24, 2.45) is 0 Å². The summed E-state index contributed by atoms with van der Waals surface area (Å²) in [6.07, 6.45) is 1.84. The lowest BCUT2D eigenvalue weighted by Crippen LogP contribution is -2.42. The van der Waals surface area contributed by atoms with Gasteiger partial charge in [0.2, 0.25) is 0 Å². The van der Waals surface area contributed by atoms with Crippen molar-refractivity contribution >= 4 is 33.7 Å². The fraction of sp³-hybridized carbons (Fsp3) is 0.0952. The highest BCUT2D eigenvalue weighted by molar-refractivity contribution is 5.97. The van der Waals surface area contributed by atoms with Gasteiger partial charge in [-0.05, 0) is 23.8 Å². The molecule has 7 heteroatoms. The average molecular weight is 377 g/mol. The number of hydrogen-bond acceptors (Lipinski definition) is 3. The van der Waals surface area contributed by atoms with Gasteiger partial charge in [0.25, 0.3) is 5.91 Å². The fourth-order valence-electron chi connectivity index (χ4n) is 3.19. The van der Waals surface area contributed by atoms with Gasteiger partial charge in [0.1, 0.15) is 23.1 Å². The number of carbonyl (C=O) groups excluding carboxylic acids is 1. The second kappa shape index (κ2) is 7.11. The first kappa shape index (κ1) is 17.7. The normalized spacial score (nSPS) is 12.2. The predicted molar refractivity (Wildman–Crippen MR) is 103 cm³/mol. The fourth-order valence-corrected chi connectivity index (χ4v) is 3.19. The quantitative estimate of drug-likeness (QED) is 0.497. The first-order chi connectivity index (χ1) is 13.5. The number of benzene rings is 2. The number of aromatic nitrogens is 2. The number of carboxylic acids is 1. The molecule has 0 radical (unpaired) electrons. The van der Waals surface area contributed by atoms with Crippen molar-refractivity contribution < 1.29 is 19.1 Å². The highest BCUT2D eigenvalue weighted by atomic mass is 19.1. The molecule has 2 aromatic carbocycles. The highest BCUT2D eigenvalue weighted by Crippen LogP contribution is 2.20. The van der Waals surface area contributed by atoms with E-state index in [9.17, 15) is 19.1 Å². The molecule has 0 fully saturated rings. The van der Waals surface area contributed by atoms with E-state index in [1.807, 2.05) is 24.3 Å². The van der Waals surface area contributed by atoms with E-state index in [1.54, 1.807) is 24.4 Å². The van der Waals surface area contributed by atoms with Crippen LogP contribution in [0.3, 0.4) is 0 Å². The summed E-state index contributed by atoms with van der Waals surface area (Å²) in [5.74, 6) is -2.37. The molecule has 0 aliphatic rings. The summed E-state index contributed by atoms with van der Waals surface area (Å²) < 4.78 is 13.9. The number of H-pyrrole nitrogens is 1. The van der Waals surface area contributed by atoms with Crippen LogP contribution >= 0.6 is 0 Å². The van der Waals surface area contributed by atoms with E-state index in [-0.39, 0.29) is 17.6 Å². The third-order valence-corrected chi connectivity index (χ3v) is 4.61. The second-order valence-corrected chi connectivity index (χ2v) is 6.44. The molecule has 4 aromatic rings. The lowest BCUT2D eigenvalue weighted by Gasteiger charge is -2.14. The SMILES string of the molecule is O=C(N[C@@H](Cc1c[nH]c2ccccc12)C(=O)O)c1ccc2cccc(F)c2n1. The number of carbonyl (C=O) groups is 2. The Morgan fingerprint density at radius 2 is 1.93 bits per heavy atom. The van der Waals surface area contributed by atoms with Crippen LogP contribution in [-0.4, -0.2) is 33.0 Å². The minimum atomic E-state index is -1.16. The first-order valence-electron chi connectivity index (χ1n) is 8.67. The summed E-state index contributed by atoms with van der Waals surface area (Å²) in [6.45, 7) is 0. The molecule has 1 atom stereocenters. The van der Waals surface area contributed by atoms with Gasteiger partial charge in [-0.25, -0.2) is 14.2 Å². The van der Waals surface area contributed by atoms with Crippen LogP contribution in [0.4, 0.5) is 4.39 Å². The molecule has 0 aliphatic carbocycles. The molecule has 0 spiro atoms. The van der Waals surface area contributed by atoms with Gasteiger partial charge >= 0.3 is 5.97 Å². The van der Waals surface area contributed by atoms with Crippen LogP contribution < -0.4 is 5.32 Å². The van der Waals surface area contributed by atoms with E-state index in [1.165, 1.54) is 12.1 Å². The zero-order chi connectivity index (χ0) is 19.7. The Hall–Kier alpha value is -3.74. The highest BCUT2D eigenvalue weighted by Gasteiger charge is 2.23. The number of nitrogens with zero attached hydrogens (tertiary/aromatic N) is 1. The van der Waals surface area contributed by atoms with Crippen LogP contribution in [0, 0.1) is 5.82 Å². The molecule has 2 heterocycles. The zero-order valence-corrected chi connectivity index (χ0v) is 14.6. The molecule has 6 nitrogen and oxygen atoms in total. The third kappa shape index (κ3) is 3.29. The van der Waals surface area contributed by atoms with Crippen molar-refractivity contribution in [1.29, 1.82) is 0 Å². The van der Waals surface area contributed by atoms with Gasteiger partial charge in [0, 0.05) is 28.9 Å². The maximum atomic E-state index is 13.9. The number of fused-ring (bicyclic) bond motifs is 2.